The third-order valence-electron chi connectivity index (χ3n) is 7.51. The van der Waals surface area contributed by atoms with Crippen molar-refractivity contribution in [1.82, 2.24) is 19.4 Å². The molecule has 2 aromatic rings. The Hall–Kier alpha value is -2.24. The van der Waals surface area contributed by atoms with Crippen LogP contribution >= 0.6 is 11.6 Å². The molecule has 11 heteroatoms. The zero-order valence-electron chi connectivity index (χ0n) is 20.8. The maximum atomic E-state index is 13.2. The second-order valence-corrected chi connectivity index (χ2v) is 12.2. The highest BCUT2D eigenvalue weighted by Crippen LogP contribution is 2.24. The number of nitrogens with zero attached hydrogens (tertiary/aromatic N) is 3. The van der Waals surface area contributed by atoms with Gasteiger partial charge in [0.25, 0.3) is 0 Å². The van der Waals surface area contributed by atoms with Gasteiger partial charge in [0.1, 0.15) is 6.04 Å². The van der Waals surface area contributed by atoms with E-state index in [0.29, 0.717) is 49.6 Å². The third-order valence-corrected chi connectivity index (χ3v) is 9.21. The van der Waals surface area contributed by atoms with Gasteiger partial charge in [-0.15, -0.1) is 0 Å². The number of amides is 2. The van der Waals surface area contributed by atoms with E-state index in [9.17, 15) is 18.0 Å². The Labute approximate surface area is 222 Å². The van der Waals surface area contributed by atoms with Crippen LogP contribution in [-0.4, -0.2) is 99.5 Å². The Morgan fingerprint density at radius 2 is 1.76 bits per heavy atom. The van der Waals surface area contributed by atoms with Crippen molar-refractivity contribution in [3.05, 3.63) is 41.4 Å². The molecule has 0 saturated carbocycles. The van der Waals surface area contributed by atoms with E-state index in [1.54, 1.807) is 24.3 Å². The maximum Gasteiger partial charge on any atom is 0.242 e. The van der Waals surface area contributed by atoms with E-state index in [0.717, 1.165) is 37.9 Å². The average molecular weight is 549 g/mol. The number of morpholine rings is 1. The molecule has 2 amide bonds. The molecule has 3 fully saturated rings. The maximum absolute atomic E-state index is 13.2. The van der Waals surface area contributed by atoms with E-state index >= 15 is 0 Å². The molecule has 37 heavy (non-hydrogen) atoms. The summed E-state index contributed by atoms with van der Waals surface area (Å²) in [6.45, 7) is 5.11. The second kappa shape index (κ2) is 11.2. The number of carbonyl (C=O) groups excluding carboxylic acids is 2. The molecule has 3 saturated heterocycles. The van der Waals surface area contributed by atoms with Crippen molar-refractivity contribution in [1.29, 1.82) is 0 Å². The summed E-state index contributed by atoms with van der Waals surface area (Å²) >= 11 is 6.07. The predicted molar refractivity (Wildman–Crippen MR) is 141 cm³/mol. The summed E-state index contributed by atoms with van der Waals surface area (Å²) in [6.07, 6.45) is 2.92. The topological polar surface area (TPSA) is 99.3 Å². The van der Waals surface area contributed by atoms with Gasteiger partial charge in [-0.2, -0.15) is 4.72 Å². The van der Waals surface area contributed by atoms with Gasteiger partial charge in [0.15, 0.2) is 0 Å². The molecule has 200 valence electrons. The van der Waals surface area contributed by atoms with Crippen LogP contribution in [0.25, 0.3) is 10.8 Å². The quantitative estimate of drug-likeness (QED) is 0.569. The number of hydrogen-bond acceptors (Lipinski definition) is 6. The van der Waals surface area contributed by atoms with Crippen LogP contribution < -0.4 is 4.72 Å². The minimum atomic E-state index is -3.94. The first-order valence-corrected chi connectivity index (χ1v) is 14.8. The zero-order valence-corrected chi connectivity index (χ0v) is 22.3. The summed E-state index contributed by atoms with van der Waals surface area (Å²) in [5.41, 5.74) is 0. The molecule has 1 N–H and O–H groups in total. The van der Waals surface area contributed by atoms with Crippen LogP contribution in [0.4, 0.5) is 0 Å². The molecule has 9 nitrogen and oxygen atoms in total. The highest BCUT2D eigenvalue weighted by atomic mass is 35.5. The fourth-order valence-corrected chi connectivity index (χ4v) is 6.95. The Morgan fingerprint density at radius 1 is 1.00 bits per heavy atom. The van der Waals surface area contributed by atoms with Crippen molar-refractivity contribution in [2.45, 2.75) is 42.7 Å². The summed E-state index contributed by atoms with van der Waals surface area (Å²) in [5.74, 6) is -0.421. The van der Waals surface area contributed by atoms with Crippen LogP contribution in [0.1, 0.15) is 25.7 Å². The molecule has 0 aliphatic carbocycles. The lowest BCUT2D eigenvalue weighted by atomic mass is 10.1. The summed E-state index contributed by atoms with van der Waals surface area (Å²) < 4.78 is 34.3. The number of rotatable bonds is 7. The summed E-state index contributed by atoms with van der Waals surface area (Å²) in [4.78, 5) is 32.3. The van der Waals surface area contributed by atoms with Crippen LogP contribution in [0.3, 0.4) is 0 Å². The first kappa shape index (κ1) is 26.4. The summed E-state index contributed by atoms with van der Waals surface area (Å²) in [5, 5.41) is 2.09. The number of likely N-dealkylation sites (tertiary alicyclic amines) is 2. The molecule has 5 rings (SSSR count). The number of hydrogen-bond donors (Lipinski definition) is 1. The molecule has 0 spiro atoms. The predicted octanol–water partition coefficient (Wildman–Crippen LogP) is 2.09. The molecule has 3 aliphatic rings. The molecule has 3 heterocycles. The van der Waals surface area contributed by atoms with Crippen molar-refractivity contribution in [2.75, 3.05) is 52.5 Å². The van der Waals surface area contributed by atoms with Crippen LogP contribution in [0, 0.1) is 0 Å². The molecule has 0 radical (unpaired) electrons. The number of fused-ring (bicyclic) bond motifs is 1. The van der Waals surface area contributed by atoms with E-state index in [2.05, 4.69) is 9.62 Å². The third kappa shape index (κ3) is 6.09. The van der Waals surface area contributed by atoms with Crippen LogP contribution in [0.5, 0.6) is 0 Å². The van der Waals surface area contributed by atoms with E-state index in [1.165, 1.54) is 11.0 Å². The Kier molecular flexibility index (Phi) is 8.02. The monoisotopic (exact) mass is 548 g/mol. The lowest BCUT2D eigenvalue weighted by Crippen LogP contribution is -2.55. The van der Waals surface area contributed by atoms with Crippen molar-refractivity contribution < 1.29 is 22.7 Å². The SMILES string of the molecule is O=C1C(NS(=O)(=O)c2ccc3ccc(Cl)cc3c2)CCCN1CC(=O)N1CCCC1CN1CCOCC1. The molecular weight excluding hydrogens is 516 g/mol. The van der Waals surface area contributed by atoms with E-state index in [4.69, 9.17) is 16.3 Å². The van der Waals surface area contributed by atoms with E-state index < -0.39 is 16.1 Å². The molecule has 2 atom stereocenters. The normalized spacial score (nSPS) is 23.6. The largest absolute Gasteiger partial charge is 0.379 e. The number of ether oxygens (including phenoxy) is 1. The first-order valence-electron chi connectivity index (χ1n) is 12.9. The molecule has 0 aromatic heterocycles. The zero-order chi connectivity index (χ0) is 26.0. The standard InChI is InChI=1S/C26H33ClN4O5S/c27-21-7-5-19-6-8-23(16-20(19)15-21)37(34,35)28-24-4-2-9-30(26(24)33)18-25(32)31-10-1-3-22(31)17-29-11-13-36-14-12-29/h5-8,15-16,22,24,28H,1-4,9-14,17-18H2. The van der Waals surface area contributed by atoms with Gasteiger partial charge in [-0.05, 0) is 60.7 Å². The Balaban J connectivity index is 1.22. The van der Waals surface area contributed by atoms with Crippen molar-refractivity contribution in [3.8, 4) is 0 Å². The van der Waals surface area contributed by atoms with Gasteiger partial charge < -0.3 is 14.5 Å². The fourth-order valence-electron chi connectivity index (χ4n) is 5.51. The van der Waals surface area contributed by atoms with Gasteiger partial charge in [0.2, 0.25) is 21.8 Å². The van der Waals surface area contributed by atoms with Crippen LogP contribution in [0.2, 0.25) is 5.02 Å². The van der Waals surface area contributed by atoms with Gasteiger partial charge in [-0.1, -0.05) is 23.7 Å². The minimum Gasteiger partial charge on any atom is -0.379 e. The smallest absolute Gasteiger partial charge is 0.242 e. The van der Waals surface area contributed by atoms with Gasteiger partial charge in [0, 0.05) is 43.8 Å². The first-order chi connectivity index (χ1) is 17.8. The summed E-state index contributed by atoms with van der Waals surface area (Å²) in [6, 6.07) is 9.32. The number of sulfonamides is 1. The molecule has 2 aromatic carbocycles. The molecular formula is C26H33ClN4O5S. The van der Waals surface area contributed by atoms with Crippen molar-refractivity contribution >= 4 is 44.2 Å². The van der Waals surface area contributed by atoms with Crippen LogP contribution in [0.15, 0.2) is 41.3 Å². The number of benzene rings is 2. The lowest BCUT2D eigenvalue weighted by molar-refractivity contribution is -0.143. The minimum absolute atomic E-state index is 0.0227. The second-order valence-electron chi connectivity index (χ2n) is 10.0. The summed E-state index contributed by atoms with van der Waals surface area (Å²) in [7, 11) is -3.94. The molecule has 2 unspecified atom stereocenters. The highest BCUT2D eigenvalue weighted by Gasteiger charge is 2.36. The number of carbonyl (C=O) groups is 2. The van der Waals surface area contributed by atoms with Gasteiger partial charge >= 0.3 is 0 Å². The van der Waals surface area contributed by atoms with Gasteiger partial charge in [-0.3, -0.25) is 14.5 Å². The van der Waals surface area contributed by atoms with Crippen molar-refractivity contribution in [2.24, 2.45) is 0 Å². The highest BCUT2D eigenvalue weighted by molar-refractivity contribution is 7.89. The van der Waals surface area contributed by atoms with Gasteiger partial charge in [-0.25, -0.2) is 8.42 Å². The van der Waals surface area contributed by atoms with Crippen molar-refractivity contribution in [3.63, 3.8) is 0 Å². The van der Waals surface area contributed by atoms with E-state index in [-0.39, 0.29) is 29.3 Å². The number of piperidine rings is 1. The van der Waals surface area contributed by atoms with E-state index in [1.807, 2.05) is 11.0 Å². The molecule has 3 aliphatic heterocycles. The Bertz CT molecular complexity index is 1270. The molecule has 0 bridgehead atoms. The Morgan fingerprint density at radius 3 is 2.57 bits per heavy atom. The van der Waals surface area contributed by atoms with Crippen LogP contribution in [-0.2, 0) is 24.3 Å². The fraction of sp³-hybridized carbons (Fsp3) is 0.538. The van der Waals surface area contributed by atoms with Gasteiger partial charge in [0.05, 0.1) is 24.7 Å². The number of nitrogens with one attached hydrogen (secondary N) is 1. The average Bonchev–Trinajstić information content (AvgIpc) is 3.34. The number of halogens is 1. The lowest BCUT2D eigenvalue weighted by Gasteiger charge is -2.36.